The van der Waals surface area contributed by atoms with Gasteiger partial charge in [0, 0.05) is 12.4 Å². The number of fused-ring (bicyclic) bond motifs is 1. The zero-order chi connectivity index (χ0) is 21.3. The summed E-state index contributed by atoms with van der Waals surface area (Å²) in [6.45, 7) is 1.89. The van der Waals surface area contributed by atoms with Crippen molar-refractivity contribution < 1.29 is 14.3 Å². The maximum absolute atomic E-state index is 13.5. The quantitative estimate of drug-likeness (QED) is 0.478. The molecule has 150 valence electrons. The Bertz CT molecular complexity index is 1220. The van der Waals surface area contributed by atoms with Gasteiger partial charge in [-0.1, -0.05) is 48.0 Å². The number of rotatable bonds is 5. The summed E-state index contributed by atoms with van der Waals surface area (Å²) < 4.78 is 13.5. The van der Waals surface area contributed by atoms with E-state index in [1.54, 1.807) is 24.1 Å². The number of aliphatic carboxylic acids is 1. The molecule has 0 fully saturated rings. The summed E-state index contributed by atoms with van der Waals surface area (Å²) in [5.41, 5.74) is 5.81. The summed E-state index contributed by atoms with van der Waals surface area (Å²) in [5.74, 6) is -0.689. The molecule has 0 saturated carbocycles. The van der Waals surface area contributed by atoms with Crippen LogP contribution in [0.2, 0.25) is 0 Å². The summed E-state index contributed by atoms with van der Waals surface area (Å²) in [6.07, 6.45) is 0. The third kappa shape index (κ3) is 4.01. The van der Waals surface area contributed by atoms with Crippen molar-refractivity contribution in [2.24, 2.45) is 0 Å². The molecule has 1 heterocycles. The second-order valence-electron chi connectivity index (χ2n) is 7.38. The van der Waals surface area contributed by atoms with Crippen LogP contribution in [0, 0.1) is 12.7 Å². The van der Waals surface area contributed by atoms with Gasteiger partial charge in [-0.2, -0.15) is 0 Å². The smallest absolute Gasteiger partial charge is 0.323 e. The molecule has 30 heavy (non-hydrogen) atoms. The van der Waals surface area contributed by atoms with E-state index in [0.29, 0.717) is 5.82 Å². The summed E-state index contributed by atoms with van der Waals surface area (Å²) in [6, 6.07) is 22.5. The highest BCUT2D eigenvalue weighted by atomic mass is 19.1. The summed E-state index contributed by atoms with van der Waals surface area (Å²) in [4.78, 5) is 17.4. The third-order valence-corrected chi connectivity index (χ3v) is 5.10. The molecule has 0 saturated heterocycles. The minimum Gasteiger partial charge on any atom is -0.480 e. The normalized spacial score (nSPS) is 10.9. The molecule has 0 spiro atoms. The number of pyridine rings is 1. The zero-order valence-electron chi connectivity index (χ0n) is 16.8. The van der Waals surface area contributed by atoms with E-state index in [2.05, 4.69) is 42.2 Å². The Hall–Kier alpha value is -3.73. The summed E-state index contributed by atoms with van der Waals surface area (Å²) in [5, 5.41) is 10.1. The van der Waals surface area contributed by atoms with Crippen LogP contribution >= 0.6 is 0 Å². The predicted octanol–water partition coefficient (Wildman–Crippen LogP) is 5.54. The first kappa shape index (κ1) is 19.6. The largest absolute Gasteiger partial charge is 0.480 e. The van der Waals surface area contributed by atoms with Crippen LogP contribution in [0.1, 0.15) is 5.56 Å². The van der Waals surface area contributed by atoms with Crippen LogP contribution in [0.3, 0.4) is 0 Å². The van der Waals surface area contributed by atoms with Crippen molar-refractivity contribution in [2.75, 3.05) is 18.5 Å². The number of aromatic nitrogens is 1. The number of halogens is 1. The van der Waals surface area contributed by atoms with E-state index in [1.165, 1.54) is 17.7 Å². The van der Waals surface area contributed by atoms with E-state index < -0.39 is 5.97 Å². The van der Waals surface area contributed by atoms with Gasteiger partial charge in [0.2, 0.25) is 0 Å². The van der Waals surface area contributed by atoms with Crippen LogP contribution in [-0.2, 0) is 4.79 Å². The lowest BCUT2D eigenvalue weighted by Crippen LogP contribution is -2.25. The zero-order valence-corrected chi connectivity index (χ0v) is 16.8. The molecule has 0 radical (unpaired) electrons. The lowest BCUT2D eigenvalue weighted by molar-refractivity contribution is -0.135. The van der Waals surface area contributed by atoms with E-state index in [-0.39, 0.29) is 12.4 Å². The molecule has 0 aliphatic heterocycles. The average molecular weight is 400 g/mol. The van der Waals surface area contributed by atoms with Gasteiger partial charge in [-0.15, -0.1) is 0 Å². The van der Waals surface area contributed by atoms with E-state index in [4.69, 9.17) is 5.11 Å². The number of hydrogen-bond donors (Lipinski definition) is 1. The monoisotopic (exact) mass is 400 g/mol. The van der Waals surface area contributed by atoms with Crippen LogP contribution in [-0.4, -0.2) is 29.7 Å². The van der Waals surface area contributed by atoms with Crippen molar-refractivity contribution in [1.29, 1.82) is 0 Å². The fourth-order valence-electron chi connectivity index (χ4n) is 3.49. The van der Waals surface area contributed by atoms with Gasteiger partial charge >= 0.3 is 5.97 Å². The number of carboxylic acid groups (broad SMARTS) is 1. The molecule has 4 nitrogen and oxygen atoms in total. The van der Waals surface area contributed by atoms with E-state index in [1.807, 2.05) is 18.2 Å². The number of hydrogen-bond acceptors (Lipinski definition) is 3. The highest BCUT2D eigenvalue weighted by Crippen LogP contribution is 2.34. The number of carboxylic acids is 1. The lowest BCUT2D eigenvalue weighted by Gasteiger charge is -2.19. The van der Waals surface area contributed by atoms with E-state index >= 15 is 0 Å². The third-order valence-electron chi connectivity index (χ3n) is 5.10. The van der Waals surface area contributed by atoms with Crippen molar-refractivity contribution >= 4 is 22.7 Å². The molecule has 3 aromatic carbocycles. The molecule has 0 aliphatic rings. The molecular weight excluding hydrogens is 379 g/mol. The first-order valence-electron chi connectivity index (χ1n) is 9.61. The molecule has 0 bridgehead atoms. The Morgan fingerprint density at radius 3 is 2.23 bits per heavy atom. The number of anilines is 1. The first-order chi connectivity index (χ1) is 14.4. The van der Waals surface area contributed by atoms with Crippen LogP contribution in [0.4, 0.5) is 10.2 Å². The predicted molar refractivity (Wildman–Crippen MR) is 118 cm³/mol. The Morgan fingerprint density at radius 1 is 0.933 bits per heavy atom. The highest BCUT2D eigenvalue weighted by Gasteiger charge is 2.14. The van der Waals surface area contributed by atoms with Crippen molar-refractivity contribution in [3.63, 3.8) is 0 Å². The molecule has 1 aromatic heterocycles. The van der Waals surface area contributed by atoms with Crippen LogP contribution in [0.25, 0.3) is 33.2 Å². The topological polar surface area (TPSA) is 53.4 Å². The Balaban J connectivity index is 1.91. The molecule has 0 aliphatic carbocycles. The van der Waals surface area contributed by atoms with Gasteiger partial charge in [0.05, 0.1) is 5.52 Å². The second-order valence-corrected chi connectivity index (χ2v) is 7.38. The number of benzene rings is 3. The van der Waals surface area contributed by atoms with Crippen LogP contribution in [0.15, 0.2) is 72.8 Å². The minimum absolute atomic E-state index is 0.164. The van der Waals surface area contributed by atoms with Crippen LogP contribution < -0.4 is 4.90 Å². The van der Waals surface area contributed by atoms with Gasteiger partial charge in [0.15, 0.2) is 0 Å². The minimum atomic E-state index is -0.933. The Kier molecular flexibility index (Phi) is 5.19. The molecule has 0 amide bonds. The first-order valence-corrected chi connectivity index (χ1v) is 9.61. The number of nitrogens with zero attached hydrogens (tertiary/aromatic N) is 2. The van der Waals surface area contributed by atoms with Gasteiger partial charge in [-0.3, -0.25) is 4.79 Å². The SMILES string of the molecule is Cc1ccc(-c2ccc3nc(N(C)CC(=O)O)cc(-c4ccc(F)cc4)c3c2)cc1. The number of likely N-dealkylation sites (N-methyl/N-ethyl adjacent to an activating group) is 1. The molecule has 5 heteroatoms. The molecule has 0 unspecified atom stereocenters. The fourth-order valence-corrected chi connectivity index (χ4v) is 3.49. The van der Waals surface area contributed by atoms with Gasteiger partial charge in [-0.05, 0) is 59.5 Å². The van der Waals surface area contributed by atoms with Crippen molar-refractivity contribution in [3.8, 4) is 22.3 Å². The molecule has 4 rings (SSSR count). The molecule has 4 aromatic rings. The van der Waals surface area contributed by atoms with Gasteiger partial charge in [-0.25, -0.2) is 9.37 Å². The lowest BCUT2D eigenvalue weighted by atomic mass is 9.96. The number of aryl methyl sites for hydroxylation is 1. The standard InChI is InChI=1S/C25H21FN2O2/c1-16-3-5-17(6-4-16)19-9-12-23-22(13-19)21(18-7-10-20(26)11-8-18)14-24(27-23)28(2)15-25(29)30/h3-14H,15H2,1-2H3,(H,29,30). The summed E-state index contributed by atoms with van der Waals surface area (Å²) >= 11 is 0. The Labute approximate surface area is 174 Å². The second kappa shape index (κ2) is 7.95. The van der Waals surface area contributed by atoms with Crippen LogP contribution in [0.5, 0.6) is 0 Å². The number of carbonyl (C=O) groups is 1. The Morgan fingerprint density at radius 2 is 1.57 bits per heavy atom. The maximum atomic E-state index is 13.5. The summed E-state index contributed by atoms with van der Waals surface area (Å²) in [7, 11) is 1.69. The fraction of sp³-hybridized carbons (Fsp3) is 0.120. The van der Waals surface area contributed by atoms with E-state index in [0.717, 1.165) is 33.2 Å². The molecular formula is C25H21FN2O2. The van der Waals surface area contributed by atoms with Gasteiger partial charge < -0.3 is 10.0 Å². The van der Waals surface area contributed by atoms with Crippen molar-refractivity contribution in [1.82, 2.24) is 4.98 Å². The highest BCUT2D eigenvalue weighted by molar-refractivity contribution is 5.98. The maximum Gasteiger partial charge on any atom is 0.323 e. The van der Waals surface area contributed by atoms with Gasteiger partial charge in [0.25, 0.3) is 0 Å². The molecule has 1 N–H and O–H groups in total. The van der Waals surface area contributed by atoms with E-state index in [9.17, 15) is 9.18 Å². The molecule has 0 atom stereocenters. The van der Waals surface area contributed by atoms with Crippen molar-refractivity contribution in [3.05, 3.63) is 84.2 Å². The average Bonchev–Trinajstić information content (AvgIpc) is 2.73. The van der Waals surface area contributed by atoms with Gasteiger partial charge in [0.1, 0.15) is 18.2 Å². The van der Waals surface area contributed by atoms with Crippen molar-refractivity contribution in [2.45, 2.75) is 6.92 Å².